The minimum atomic E-state index is -0.322. The molecular formula is C6H9NO3. The molecule has 0 aromatic rings. The molecule has 2 aliphatic heterocycles. The second-order valence-electron chi connectivity index (χ2n) is 2.79. The highest BCUT2D eigenvalue weighted by molar-refractivity contribution is 5.77. The van der Waals surface area contributed by atoms with Crippen LogP contribution < -0.4 is 5.48 Å². The predicted molar refractivity (Wildman–Crippen MR) is 32.0 cm³/mol. The van der Waals surface area contributed by atoms with Crippen molar-refractivity contribution in [1.82, 2.24) is 5.48 Å². The third-order valence-electron chi connectivity index (χ3n) is 1.93. The number of hydroxylamine groups is 1. The van der Waals surface area contributed by atoms with E-state index in [0.717, 1.165) is 6.42 Å². The molecule has 0 aliphatic carbocycles. The second kappa shape index (κ2) is 1.93. The topological polar surface area (TPSA) is 47.6 Å². The molecule has 4 nitrogen and oxygen atoms in total. The van der Waals surface area contributed by atoms with E-state index < -0.39 is 0 Å². The summed E-state index contributed by atoms with van der Waals surface area (Å²) in [5.41, 5.74) is 2.01. The first kappa shape index (κ1) is 6.12. The third-order valence-corrected chi connectivity index (χ3v) is 1.93. The van der Waals surface area contributed by atoms with Gasteiger partial charge in [-0.25, -0.2) is 5.48 Å². The Labute approximate surface area is 58.4 Å². The fraction of sp³-hybridized carbons (Fsp3) is 0.833. The molecule has 1 N–H and O–H groups in total. The number of ether oxygens (including phenoxy) is 1. The molecule has 0 saturated carbocycles. The Morgan fingerprint density at radius 3 is 3.00 bits per heavy atom. The van der Waals surface area contributed by atoms with E-state index in [9.17, 15) is 4.79 Å². The number of rotatable bonds is 0. The van der Waals surface area contributed by atoms with E-state index >= 15 is 0 Å². The maximum Gasteiger partial charge on any atom is 0.246 e. The summed E-state index contributed by atoms with van der Waals surface area (Å²) in [5.74, 6) is -0.0366. The Kier molecular flexibility index (Phi) is 1.18. The van der Waals surface area contributed by atoms with Crippen molar-refractivity contribution in [2.75, 3.05) is 13.2 Å². The number of hydrogen-bond donors (Lipinski definition) is 1. The molecular weight excluding hydrogens is 134 g/mol. The van der Waals surface area contributed by atoms with Gasteiger partial charge in [0.15, 0.2) is 0 Å². The molecule has 1 unspecified atom stereocenters. The van der Waals surface area contributed by atoms with Gasteiger partial charge in [0.2, 0.25) is 5.91 Å². The third kappa shape index (κ3) is 0.803. The summed E-state index contributed by atoms with van der Waals surface area (Å²) in [6, 6.07) is 0. The molecule has 2 saturated heterocycles. The minimum Gasteiger partial charge on any atom is -0.378 e. The zero-order chi connectivity index (χ0) is 7.03. The molecule has 56 valence electrons. The van der Waals surface area contributed by atoms with E-state index in [0.29, 0.717) is 19.6 Å². The van der Waals surface area contributed by atoms with Crippen LogP contribution in [0.4, 0.5) is 0 Å². The van der Waals surface area contributed by atoms with Crippen LogP contribution in [0, 0.1) is 0 Å². The summed E-state index contributed by atoms with van der Waals surface area (Å²) in [5, 5.41) is 0. The van der Waals surface area contributed by atoms with Crippen LogP contribution in [0.25, 0.3) is 0 Å². The number of carbonyl (C=O) groups excluding carboxylic acids is 1. The van der Waals surface area contributed by atoms with Crippen LogP contribution in [0.15, 0.2) is 0 Å². The average molecular weight is 143 g/mol. The van der Waals surface area contributed by atoms with E-state index in [2.05, 4.69) is 5.48 Å². The first-order valence-corrected chi connectivity index (χ1v) is 3.35. The fourth-order valence-electron chi connectivity index (χ4n) is 1.34. The van der Waals surface area contributed by atoms with Crippen LogP contribution in [0.1, 0.15) is 12.8 Å². The van der Waals surface area contributed by atoms with Gasteiger partial charge in [0.1, 0.15) is 5.60 Å². The Morgan fingerprint density at radius 2 is 2.50 bits per heavy atom. The van der Waals surface area contributed by atoms with Gasteiger partial charge in [-0.15, -0.1) is 0 Å². The largest absolute Gasteiger partial charge is 0.378 e. The van der Waals surface area contributed by atoms with E-state index in [1.807, 2.05) is 0 Å². The SMILES string of the molecule is O=C1CC2(CCOC2)ON1. The Bertz CT molecular complexity index is 162. The van der Waals surface area contributed by atoms with Crippen LogP contribution in [-0.2, 0) is 14.4 Å². The quantitative estimate of drug-likeness (QED) is 0.501. The molecule has 2 rings (SSSR count). The average Bonchev–Trinajstić information content (AvgIpc) is 2.46. The molecule has 1 amide bonds. The van der Waals surface area contributed by atoms with E-state index in [4.69, 9.17) is 9.57 Å². The van der Waals surface area contributed by atoms with Gasteiger partial charge < -0.3 is 4.74 Å². The standard InChI is InChI=1S/C6H9NO3/c8-5-3-6(10-7-5)1-2-9-4-6/h1-4H2,(H,7,8). The molecule has 1 spiro atoms. The normalized spacial score (nSPS) is 39.0. The lowest BCUT2D eigenvalue weighted by Gasteiger charge is -2.14. The zero-order valence-corrected chi connectivity index (χ0v) is 5.55. The molecule has 10 heavy (non-hydrogen) atoms. The summed E-state index contributed by atoms with van der Waals surface area (Å²) in [6.45, 7) is 1.25. The lowest BCUT2D eigenvalue weighted by atomic mass is 10.0. The Balaban J connectivity index is 2.09. The minimum absolute atomic E-state index is 0.0366. The molecule has 4 heteroatoms. The highest BCUT2D eigenvalue weighted by Gasteiger charge is 2.43. The molecule has 0 bridgehead atoms. The fourth-order valence-corrected chi connectivity index (χ4v) is 1.34. The maximum atomic E-state index is 10.7. The first-order chi connectivity index (χ1) is 4.81. The van der Waals surface area contributed by atoms with Crippen LogP contribution >= 0.6 is 0 Å². The van der Waals surface area contributed by atoms with Crippen LogP contribution in [0.3, 0.4) is 0 Å². The van der Waals surface area contributed by atoms with E-state index in [1.165, 1.54) is 0 Å². The molecule has 2 heterocycles. The van der Waals surface area contributed by atoms with Gasteiger partial charge in [-0.1, -0.05) is 0 Å². The molecule has 1 atom stereocenters. The van der Waals surface area contributed by atoms with Crippen LogP contribution in [-0.4, -0.2) is 24.7 Å². The molecule has 2 aliphatic rings. The highest BCUT2D eigenvalue weighted by atomic mass is 16.7. The summed E-state index contributed by atoms with van der Waals surface area (Å²) < 4.78 is 5.11. The zero-order valence-electron chi connectivity index (χ0n) is 5.55. The number of carbonyl (C=O) groups is 1. The van der Waals surface area contributed by atoms with Gasteiger partial charge in [-0.05, 0) is 0 Å². The Morgan fingerprint density at radius 1 is 1.60 bits per heavy atom. The van der Waals surface area contributed by atoms with Crippen molar-refractivity contribution in [2.45, 2.75) is 18.4 Å². The van der Waals surface area contributed by atoms with Crippen molar-refractivity contribution in [1.29, 1.82) is 0 Å². The van der Waals surface area contributed by atoms with Gasteiger partial charge >= 0.3 is 0 Å². The van der Waals surface area contributed by atoms with Gasteiger partial charge in [-0.2, -0.15) is 0 Å². The smallest absolute Gasteiger partial charge is 0.246 e. The second-order valence-corrected chi connectivity index (χ2v) is 2.79. The predicted octanol–water partition coefficient (Wildman–Crippen LogP) is -0.403. The van der Waals surface area contributed by atoms with Crippen LogP contribution in [0.5, 0.6) is 0 Å². The molecule has 0 radical (unpaired) electrons. The van der Waals surface area contributed by atoms with Crippen molar-refractivity contribution in [3.63, 3.8) is 0 Å². The van der Waals surface area contributed by atoms with Crippen molar-refractivity contribution >= 4 is 5.91 Å². The van der Waals surface area contributed by atoms with E-state index in [1.54, 1.807) is 0 Å². The van der Waals surface area contributed by atoms with Crippen LogP contribution in [0.2, 0.25) is 0 Å². The molecule has 2 fully saturated rings. The summed E-state index contributed by atoms with van der Waals surface area (Å²) >= 11 is 0. The van der Waals surface area contributed by atoms with Crippen molar-refractivity contribution < 1.29 is 14.4 Å². The first-order valence-electron chi connectivity index (χ1n) is 3.35. The maximum absolute atomic E-state index is 10.7. The summed E-state index contributed by atoms with van der Waals surface area (Å²) in [4.78, 5) is 15.8. The lowest BCUT2D eigenvalue weighted by molar-refractivity contribution is -0.126. The number of hydrogen-bond acceptors (Lipinski definition) is 3. The van der Waals surface area contributed by atoms with Crippen molar-refractivity contribution in [2.24, 2.45) is 0 Å². The van der Waals surface area contributed by atoms with Gasteiger partial charge in [0, 0.05) is 13.0 Å². The Hall–Kier alpha value is -0.610. The van der Waals surface area contributed by atoms with Gasteiger partial charge in [-0.3, -0.25) is 9.63 Å². The summed E-state index contributed by atoms with van der Waals surface area (Å²) in [6.07, 6.45) is 1.28. The number of amides is 1. The van der Waals surface area contributed by atoms with E-state index in [-0.39, 0.29) is 11.5 Å². The lowest BCUT2D eigenvalue weighted by Crippen LogP contribution is -2.29. The van der Waals surface area contributed by atoms with Crippen molar-refractivity contribution in [3.8, 4) is 0 Å². The van der Waals surface area contributed by atoms with Crippen molar-refractivity contribution in [3.05, 3.63) is 0 Å². The number of nitrogens with one attached hydrogen (secondary N) is 1. The molecule has 0 aromatic heterocycles. The van der Waals surface area contributed by atoms with Gasteiger partial charge in [0.05, 0.1) is 13.0 Å². The highest BCUT2D eigenvalue weighted by Crippen LogP contribution is 2.29. The van der Waals surface area contributed by atoms with Gasteiger partial charge in [0.25, 0.3) is 0 Å². The molecule has 0 aromatic carbocycles. The summed E-state index contributed by atoms with van der Waals surface area (Å²) in [7, 11) is 0. The monoisotopic (exact) mass is 143 g/mol.